The molecule has 3 rings (SSSR count). The van der Waals surface area contributed by atoms with Crippen LogP contribution >= 0.6 is 34.7 Å². The zero-order valence-corrected chi connectivity index (χ0v) is 19.8. The van der Waals surface area contributed by atoms with Crippen LogP contribution in [0.25, 0.3) is 10.2 Å². The average Bonchev–Trinajstić information content (AvgIpc) is 3.01. The summed E-state index contributed by atoms with van der Waals surface area (Å²) in [6.07, 6.45) is 0.652. The van der Waals surface area contributed by atoms with E-state index in [-0.39, 0.29) is 22.0 Å². The predicted molar refractivity (Wildman–Crippen MR) is 125 cm³/mol. The first-order valence-corrected chi connectivity index (χ1v) is 12.0. The molecular weight excluding hydrogens is 461 g/mol. The molecule has 10 heteroatoms. The monoisotopic (exact) mass is 483 g/mol. The van der Waals surface area contributed by atoms with Gasteiger partial charge in [0.2, 0.25) is 5.91 Å². The van der Waals surface area contributed by atoms with Gasteiger partial charge < -0.3 is 10.1 Å². The molecule has 31 heavy (non-hydrogen) atoms. The number of hydrogen-bond acceptors (Lipinski definition) is 6. The molecule has 0 saturated carbocycles. The Kier molecular flexibility index (Phi) is 8.10. The van der Waals surface area contributed by atoms with Crippen molar-refractivity contribution in [1.29, 1.82) is 0 Å². The highest BCUT2D eigenvalue weighted by molar-refractivity contribution is 7.99. The number of halogens is 2. The fourth-order valence-corrected chi connectivity index (χ4v) is 5.05. The van der Waals surface area contributed by atoms with E-state index in [0.29, 0.717) is 41.6 Å². The Morgan fingerprint density at radius 1 is 1.39 bits per heavy atom. The van der Waals surface area contributed by atoms with E-state index in [1.165, 1.54) is 23.5 Å². The van der Waals surface area contributed by atoms with Crippen molar-refractivity contribution in [2.24, 2.45) is 0 Å². The molecule has 1 aromatic carbocycles. The molecule has 3 aromatic rings. The summed E-state index contributed by atoms with van der Waals surface area (Å²) in [6, 6.07) is 4.04. The van der Waals surface area contributed by atoms with Crippen LogP contribution in [-0.4, -0.2) is 34.4 Å². The number of benzene rings is 1. The van der Waals surface area contributed by atoms with Gasteiger partial charge in [-0.1, -0.05) is 23.4 Å². The number of aromatic nitrogens is 2. The highest BCUT2D eigenvalue weighted by Gasteiger charge is 2.18. The van der Waals surface area contributed by atoms with Gasteiger partial charge in [0.25, 0.3) is 5.56 Å². The molecule has 0 radical (unpaired) electrons. The lowest BCUT2D eigenvalue weighted by molar-refractivity contribution is -0.113. The van der Waals surface area contributed by atoms with E-state index in [1.807, 2.05) is 20.8 Å². The number of nitrogens with one attached hydrogen (secondary N) is 1. The molecule has 1 N–H and O–H groups in total. The summed E-state index contributed by atoms with van der Waals surface area (Å²) in [7, 11) is 0. The Bertz CT molecular complexity index is 1160. The number of ether oxygens (including phenoxy) is 1. The number of anilines is 1. The molecular formula is C21H23ClFN3O3S2. The van der Waals surface area contributed by atoms with Crippen LogP contribution < -0.4 is 10.9 Å². The minimum atomic E-state index is -0.609. The fraction of sp³-hybridized carbons (Fsp3) is 0.381. The number of rotatable bonds is 9. The molecule has 0 aliphatic carbocycles. The van der Waals surface area contributed by atoms with Crippen LogP contribution in [0.3, 0.4) is 0 Å². The van der Waals surface area contributed by atoms with Crippen LogP contribution in [0.15, 0.2) is 28.2 Å². The molecule has 0 bridgehead atoms. The Labute approximate surface area is 192 Å². The third-order valence-corrected chi connectivity index (χ3v) is 6.98. The Morgan fingerprint density at radius 2 is 2.16 bits per heavy atom. The first-order valence-electron chi connectivity index (χ1n) is 9.77. The average molecular weight is 484 g/mol. The van der Waals surface area contributed by atoms with E-state index < -0.39 is 11.7 Å². The Hall–Kier alpha value is -1.94. The second-order valence-electron chi connectivity index (χ2n) is 6.83. The molecule has 0 aliphatic heterocycles. The van der Waals surface area contributed by atoms with Gasteiger partial charge in [-0.15, -0.1) is 11.3 Å². The number of aryl methyl sites for hydroxylation is 2. The summed E-state index contributed by atoms with van der Waals surface area (Å²) in [5, 5.41) is 3.86. The van der Waals surface area contributed by atoms with Gasteiger partial charge in [-0.25, -0.2) is 9.37 Å². The Balaban J connectivity index is 1.82. The van der Waals surface area contributed by atoms with Gasteiger partial charge in [-0.3, -0.25) is 14.2 Å². The first-order chi connectivity index (χ1) is 14.8. The van der Waals surface area contributed by atoms with Crippen molar-refractivity contribution in [3.8, 4) is 0 Å². The third-order valence-electron chi connectivity index (χ3n) is 4.67. The van der Waals surface area contributed by atoms with Crippen LogP contribution in [0.5, 0.6) is 0 Å². The lowest BCUT2D eigenvalue weighted by atomic mass is 10.2. The quantitative estimate of drug-likeness (QED) is 0.262. The minimum Gasteiger partial charge on any atom is -0.382 e. The van der Waals surface area contributed by atoms with E-state index in [0.717, 1.165) is 28.3 Å². The van der Waals surface area contributed by atoms with Crippen molar-refractivity contribution in [1.82, 2.24) is 9.55 Å². The maximum absolute atomic E-state index is 13.9. The number of thioether (sulfide) groups is 1. The van der Waals surface area contributed by atoms with Gasteiger partial charge in [0, 0.05) is 29.7 Å². The standard InChI is InChI=1S/C21H23ClFN3O3S2/c1-4-29-9-5-8-26-20(28)18-12(2)13(3)31-19(18)25-21(26)30-11-17(27)24-16-7-6-14(22)10-15(16)23/h6-7,10H,4-5,8-9,11H2,1-3H3,(H,24,27). The van der Waals surface area contributed by atoms with E-state index in [2.05, 4.69) is 10.3 Å². The molecule has 0 atom stereocenters. The molecule has 6 nitrogen and oxygen atoms in total. The smallest absolute Gasteiger partial charge is 0.263 e. The number of amides is 1. The summed E-state index contributed by atoms with van der Waals surface area (Å²) in [4.78, 5) is 31.9. The maximum Gasteiger partial charge on any atom is 0.263 e. The van der Waals surface area contributed by atoms with Crippen LogP contribution in [0.1, 0.15) is 23.8 Å². The van der Waals surface area contributed by atoms with Crippen molar-refractivity contribution < 1.29 is 13.9 Å². The number of nitrogens with zero attached hydrogens (tertiary/aromatic N) is 2. The fourth-order valence-electron chi connectivity index (χ4n) is 2.99. The third kappa shape index (κ3) is 5.65. The van der Waals surface area contributed by atoms with Crippen LogP contribution in [0.2, 0.25) is 5.02 Å². The van der Waals surface area contributed by atoms with Crippen molar-refractivity contribution >= 4 is 56.5 Å². The number of hydrogen-bond donors (Lipinski definition) is 1. The van der Waals surface area contributed by atoms with Crippen molar-refractivity contribution in [2.75, 3.05) is 24.3 Å². The highest BCUT2D eigenvalue weighted by Crippen LogP contribution is 2.28. The maximum atomic E-state index is 13.9. The summed E-state index contributed by atoms with van der Waals surface area (Å²) in [5.41, 5.74) is 0.871. The van der Waals surface area contributed by atoms with E-state index >= 15 is 0 Å². The largest absolute Gasteiger partial charge is 0.382 e. The topological polar surface area (TPSA) is 73.2 Å². The molecule has 0 aliphatic rings. The molecule has 2 aromatic heterocycles. The Morgan fingerprint density at radius 3 is 2.87 bits per heavy atom. The molecule has 2 heterocycles. The van der Waals surface area contributed by atoms with Gasteiger partial charge >= 0.3 is 0 Å². The second kappa shape index (κ2) is 10.6. The molecule has 0 fully saturated rings. The zero-order valence-electron chi connectivity index (χ0n) is 17.5. The minimum absolute atomic E-state index is 0.0190. The van der Waals surface area contributed by atoms with Gasteiger partial charge in [-0.2, -0.15) is 0 Å². The number of carbonyl (C=O) groups excluding carboxylic acids is 1. The molecule has 0 spiro atoms. The molecule has 0 unspecified atom stereocenters. The van der Waals surface area contributed by atoms with Crippen molar-refractivity contribution in [2.45, 2.75) is 38.9 Å². The van der Waals surface area contributed by atoms with E-state index in [9.17, 15) is 14.0 Å². The van der Waals surface area contributed by atoms with Gasteiger partial charge in [0.15, 0.2) is 5.16 Å². The summed E-state index contributed by atoms with van der Waals surface area (Å²) in [5.74, 6) is -1.03. The molecule has 1 amide bonds. The zero-order chi connectivity index (χ0) is 22.5. The SMILES string of the molecule is CCOCCCn1c(SCC(=O)Nc2ccc(Cl)cc2F)nc2sc(C)c(C)c2c1=O. The van der Waals surface area contributed by atoms with Crippen LogP contribution in [0, 0.1) is 19.7 Å². The van der Waals surface area contributed by atoms with Gasteiger partial charge in [0.05, 0.1) is 16.8 Å². The summed E-state index contributed by atoms with van der Waals surface area (Å²) >= 11 is 8.35. The van der Waals surface area contributed by atoms with Crippen molar-refractivity contribution in [3.63, 3.8) is 0 Å². The summed E-state index contributed by atoms with van der Waals surface area (Å²) in [6.45, 7) is 7.37. The lowest BCUT2D eigenvalue weighted by Crippen LogP contribution is -2.25. The second-order valence-corrected chi connectivity index (χ2v) is 9.41. The predicted octanol–water partition coefficient (Wildman–Crippen LogP) is 5.02. The number of thiophene rings is 1. The van der Waals surface area contributed by atoms with Crippen molar-refractivity contribution in [3.05, 3.63) is 49.8 Å². The van der Waals surface area contributed by atoms with Gasteiger partial charge in [0.1, 0.15) is 10.6 Å². The van der Waals surface area contributed by atoms with E-state index in [4.69, 9.17) is 16.3 Å². The highest BCUT2D eigenvalue weighted by atomic mass is 35.5. The summed E-state index contributed by atoms with van der Waals surface area (Å²) < 4.78 is 20.9. The van der Waals surface area contributed by atoms with Crippen LogP contribution in [-0.2, 0) is 16.1 Å². The first kappa shape index (κ1) is 23.7. The molecule has 166 valence electrons. The molecule has 0 saturated heterocycles. The van der Waals surface area contributed by atoms with Crippen LogP contribution in [0.4, 0.5) is 10.1 Å². The lowest BCUT2D eigenvalue weighted by Gasteiger charge is -2.12. The normalized spacial score (nSPS) is 11.3. The van der Waals surface area contributed by atoms with E-state index in [1.54, 1.807) is 4.57 Å². The van der Waals surface area contributed by atoms with Gasteiger partial charge in [-0.05, 0) is 51.0 Å². The number of carbonyl (C=O) groups is 1. The number of fused-ring (bicyclic) bond motifs is 1.